The Bertz CT molecular complexity index is 583. The number of para-hydroxylation sites is 1. The first-order valence-corrected chi connectivity index (χ1v) is 7.57. The van der Waals surface area contributed by atoms with Gasteiger partial charge in [-0.3, -0.25) is 0 Å². The van der Waals surface area contributed by atoms with E-state index < -0.39 is 0 Å². The molecule has 1 aromatic carbocycles. The zero-order chi connectivity index (χ0) is 14.2. The standard InChI is InChI=1S/C15H20Cl2N2/c1-5-15(4,6-2)19-13-11(17)8-7-9-12(13)18-14(19)10(3)16/h7-10H,5-6H2,1-4H3. The minimum Gasteiger partial charge on any atom is -0.320 e. The molecule has 0 aliphatic heterocycles. The zero-order valence-corrected chi connectivity index (χ0v) is 13.4. The molecule has 0 fully saturated rings. The second kappa shape index (κ2) is 5.34. The van der Waals surface area contributed by atoms with Crippen LogP contribution in [0.15, 0.2) is 18.2 Å². The van der Waals surface area contributed by atoms with E-state index in [0.717, 1.165) is 34.7 Å². The summed E-state index contributed by atoms with van der Waals surface area (Å²) in [5, 5.41) is 0.600. The summed E-state index contributed by atoms with van der Waals surface area (Å²) >= 11 is 12.7. The summed E-state index contributed by atoms with van der Waals surface area (Å²) in [7, 11) is 0. The molecule has 0 amide bonds. The van der Waals surface area contributed by atoms with Crippen LogP contribution in [0, 0.1) is 0 Å². The van der Waals surface area contributed by atoms with E-state index in [1.165, 1.54) is 0 Å². The molecular formula is C15H20Cl2N2. The SMILES string of the molecule is CCC(C)(CC)n1c(C(C)Cl)nc2cccc(Cl)c21. The Morgan fingerprint density at radius 3 is 2.47 bits per heavy atom. The monoisotopic (exact) mass is 298 g/mol. The third-order valence-electron chi connectivity index (χ3n) is 4.07. The minimum absolute atomic E-state index is 0.0156. The molecule has 1 heterocycles. The van der Waals surface area contributed by atoms with Crippen molar-refractivity contribution in [3.05, 3.63) is 29.0 Å². The van der Waals surface area contributed by atoms with Gasteiger partial charge in [0.05, 0.1) is 21.4 Å². The van der Waals surface area contributed by atoms with Crippen molar-refractivity contribution in [3.8, 4) is 0 Å². The maximum absolute atomic E-state index is 6.40. The Labute approximate surface area is 124 Å². The lowest BCUT2D eigenvalue weighted by molar-refractivity contribution is 0.293. The number of rotatable bonds is 4. The van der Waals surface area contributed by atoms with Gasteiger partial charge in [0.2, 0.25) is 0 Å². The van der Waals surface area contributed by atoms with E-state index >= 15 is 0 Å². The number of benzene rings is 1. The maximum atomic E-state index is 6.40. The third kappa shape index (κ3) is 2.36. The molecule has 0 saturated carbocycles. The molecule has 2 rings (SSSR count). The van der Waals surface area contributed by atoms with Crippen LogP contribution in [0.3, 0.4) is 0 Å². The van der Waals surface area contributed by atoms with Crippen molar-refractivity contribution in [1.29, 1.82) is 0 Å². The first-order chi connectivity index (χ1) is 8.94. The van der Waals surface area contributed by atoms with E-state index in [1.54, 1.807) is 0 Å². The van der Waals surface area contributed by atoms with Gasteiger partial charge in [0, 0.05) is 5.54 Å². The van der Waals surface area contributed by atoms with E-state index in [1.807, 2.05) is 25.1 Å². The highest BCUT2D eigenvalue weighted by Gasteiger charge is 2.29. The molecule has 104 valence electrons. The topological polar surface area (TPSA) is 17.8 Å². The fourth-order valence-electron chi connectivity index (χ4n) is 2.48. The van der Waals surface area contributed by atoms with Crippen LogP contribution in [0.2, 0.25) is 5.02 Å². The second-order valence-electron chi connectivity index (χ2n) is 5.23. The van der Waals surface area contributed by atoms with Gasteiger partial charge in [0.1, 0.15) is 5.82 Å². The number of imidazole rings is 1. The number of alkyl halides is 1. The maximum Gasteiger partial charge on any atom is 0.128 e. The summed E-state index contributed by atoms with van der Waals surface area (Å²) in [6.07, 6.45) is 2.02. The van der Waals surface area contributed by atoms with Crippen LogP contribution in [0.1, 0.15) is 51.7 Å². The van der Waals surface area contributed by atoms with Gasteiger partial charge in [-0.05, 0) is 38.8 Å². The average Bonchev–Trinajstić information content (AvgIpc) is 2.79. The lowest BCUT2D eigenvalue weighted by Gasteiger charge is -2.32. The van der Waals surface area contributed by atoms with Crippen LogP contribution in [0.25, 0.3) is 11.0 Å². The van der Waals surface area contributed by atoms with E-state index in [-0.39, 0.29) is 10.9 Å². The van der Waals surface area contributed by atoms with Crippen LogP contribution in [0.4, 0.5) is 0 Å². The molecule has 0 aliphatic carbocycles. The Hall–Kier alpha value is -0.730. The summed E-state index contributed by atoms with van der Waals surface area (Å²) in [6.45, 7) is 8.57. The molecule has 1 atom stereocenters. The van der Waals surface area contributed by atoms with Gasteiger partial charge >= 0.3 is 0 Å². The molecule has 4 heteroatoms. The Balaban J connectivity index is 2.85. The van der Waals surface area contributed by atoms with Gasteiger partial charge in [-0.25, -0.2) is 4.98 Å². The lowest BCUT2D eigenvalue weighted by atomic mass is 9.94. The zero-order valence-electron chi connectivity index (χ0n) is 11.9. The molecule has 0 N–H and O–H groups in total. The minimum atomic E-state index is -0.138. The molecule has 0 spiro atoms. The molecule has 19 heavy (non-hydrogen) atoms. The molecule has 0 aliphatic rings. The van der Waals surface area contributed by atoms with Crippen molar-refractivity contribution >= 4 is 34.2 Å². The fraction of sp³-hybridized carbons (Fsp3) is 0.533. The predicted octanol–water partition coefficient (Wildman–Crippen LogP) is 5.52. The van der Waals surface area contributed by atoms with Gasteiger partial charge in [-0.2, -0.15) is 0 Å². The van der Waals surface area contributed by atoms with Gasteiger partial charge in [-0.1, -0.05) is 31.5 Å². The number of hydrogen-bond acceptors (Lipinski definition) is 1. The average molecular weight is 299 g/mol. The number of aromatic nitrogens is 2. The van der Waals surface area contributed by atoms with Gasteiger partial charge < -0.3 is 4.57 Å². The first kappa shape index (κ1) is 14.7. The van der Waals surface area contributed by atoms with Crippen molar-refractivity contribution in [2.45, 2.75) is 51.5 Å². The highest BCUT2D eigenvalue weighted by molar-refractivity contribution is 6.35. The van der Waals surface area contributed by atoms with Crippen molar-refractivity contribution in [1.82, 2.24) is 9.55 Å². The van der Waals surface area contributed by atoms with Crippen molar-refractivity contribution < 1.29 is 0 Å². The van der Waals surface area contributed by atoms with Gasteiger partial charge in [0.15, 0.2) is 0 Å². The molecule has 1 unspecified atom stereocenters. The van der Waals surface area contributed by atoms with Crippen LogP contribution in [0.5, 0.6) is 0 Å². The van der Waals surface area contributed by atoms with E-state index in [9.17, 15) is 0 Å². The summed E-state index contributed by atoms with van der Waals surface area (Å²) < 4.78 is 2.24. The van der Waals surface area contributed by atoms with Crippen LogP contribution in [-0.2, 0) is 5.54 Å². The highest BCUT2D eigenvalue weighted by atomic mass is 35.5. The normalized spacial score (nSPS) is 14.0. The molecule has 0 radical (unpaired) electrons. The first-order valence-electron chi connectivity index (χ1n) is 6.76. The molecule has 2 nitrogen and oxygen atoms in total. The molecule has 0 saturated heterocycles. The van der Waals surface area contributed by atoms with Crippen LogP contribution >= 0.6 is 23.2 Å². The molecular weight excluding hydrogens is 279 g/mol. The fourth-order valence-corrected chi connectivity index (χ4v) is 2.88. The van der Waals surface area contributed by atoms with Gasteiger partial charge in [0.25, 0.3) is 0 Å². The third-order valence-corrected chi connectivity index (χ3v) is 4.57. The quantitative estimate of drug-likeness (QED) is 0.679. The second-order valence-corrected chi connectivity index (χ2v) is 6.29. The summed E-state index contributed by atoms with van der Waals surface area (Å²) in [6, 6.07) is 5.84. The Morgan fingerprint density at radius 1 is 1.32 bits per heavy atom. The number of fused-ring (bicyclic) bond motifs is 1. The molecule has 2 aromatic rings. The van der Waals surface area contributed by atoms with Crippen molar-refractivity contribution in [2.75, 3.05) is 0 Å². The highest BCUT2D eigenvalue weighted by Crippen LogP contribution is 2.37. The number of halogens is 2. The summed E-state index contributed by atoms with van der Waals surface area (Å²) in [5.41, 5.74) is 1.90. The summed E-state index contributed by atoms with van der Waals surface area (Å²) in [5.74, 6) is 0.899. The summed E-state index contributed by atoms with van der Waals surface area (Å²) in [4.78, 5) is 4.68. The van der Waals surface area contributed by atoms with Crippen LogP contribution in [-0.4, -0.2) is 9.55 Å². The predicted molar refractivity (Wildman–Crippen MR) is 83.2 cm³/mol. The Kier molecular flexibility index (Phi) is 4.12. The molecule has 1 aromatic heterocycles. The number of hydrogen-bond donors (Lipinski definition) is 0. The van der Waals surface area contributed by atoms with E-state index in [0.29, 0.717) is 0 Å². The van der Waals surface area contributed by atoms with Crippen molar-refractivity contribution in [3.63, 3.8) is 0 Å². The van der Waals surface area contributed by atoms with Crippen molar-refractivity contribution in [2.24, 2.45) is 0 Å². The van der Waals surface area contributed by atoms with Crippen LogP contribution < -0.4 is 0 Å². The smallest absolute Gasteiger partial charge is 0.128 e. The molecule has 0 bridgehead atoms. The van der Waals surface area contributed by atoms with E-state index in [2.05, 4.69) is 30.3 Å². The van der Waals surface area contributed by atoms with E-state index in [4.69, 9.17) is 23.2 Å². The Morgan fingerprint density at radius 2 is 1.95 bits per heavy atom. The number of nitrogens with zero attached hydrogens (tertiary/aromatic N) is 2. The van der Waals surface area contributed by atoms with Gasteiger partial charge in [-0.15, -0.1) is 11.6 Å². The largest absolute Gasteiger partial charge is 0.320 e. The lowest BCUT2D eigenvalue weighted by Crippen LogP contribution is -2.30.